The molecule has 0 unspecified atom stereocenters. The third-order valence-corrected chi connectivity index (χ3v) is 8.28. The van der Waals surface area contributed by atoms with Gasteiger partial charge in [0.25, 0.3) is 0 Å². The van der Waals surface area contributed by atoms with Crippen molar-refractivity contribution in [2.24, 2.45) is 0 Å². The third kappa shape index (κ3) is 8.65. The smallest absolute Gasteiger partial charge is 0.202 e. The topological polar surface area (TPSA) is 80.3 Å². The Morgan fingerprint density at radius 3 is 1.37 bits per heavy atom. The van der Waals surface area contributed by atoms with Gasteiger partial charge in [-0.05, 0) is 12.1 Å². The van der Waals surface area contributed by atoms with Gasteiger partial charge in [-0.1, -0.05) is 22.3 Å². The number of benzene rings is 1. The van der Waals surface area contributed by atoms with Crippen LogP contribution in [-0.2, 0) is 20.0 Å². The van der Waals surface area contributed by atoms with Crippen LogP contribution in [0.2, 0.25) is 0 Å². The number of hydrogen-bond acceptors (Lipinski definition) is 4. The lowest BCUT2D eigenvalue weighted by atomic mass is 10.4. The molecule has 176 valence electrons. The van der Waals surface area contributed by atoms with Crippen LogP contribution in [0.25, 0.3) is 0 Å². The second-order valence-corrected chi connectivity index (χ2v) is 11.1. The summed E-state index contributed by atoms with van der Waals surface area (Å²) in [7, 11) is -13.2. The molecule has 1 aromatic carbocycles. The maximum absolute atomic E-state index is 12.5. The average Bonchev–Trinajstić information content (AvgIpc) is 2.50. The number of rotatable bonds is 5. The fourth-order valence-corrected chi connectivity index (χ4v) is 5.17. The zero-order chi connectivity index (χ0) is 24.2. The Labute approximate surface area is 172 Å². The highest BCUT2D eigenvalue weighted by Crippen LogP contribution is 2.33. The summed E-state index contributed by atoms with van der Waals surface area (Å²) in [5.74, 6) is -4.56. The van der Waals surface area contributed by atoms with Gasteiger partial charge in [-0.15, -0.1) is 0 Å². The van der Waals surface area contributed by atoms with Crippen LogP contribution in [-0.4, -0.2) is 44.4 Å². The Morgan fingerprint density at radius 2 is 1.07 bits per heavy atom. The number of alkyl halides is 12. The fourth-order valence-electron chi connectivity index (χ4n) is 0.980. The lowest BCUT2D eigenvalue weighted by molar-refractivity contribution is -0.651. The van der Waals surface area contributed by atoms with Crippen molar-refractivity contribution in [2.75, 3.05) is 4.43 Å². The molecule has 30 heavy (non-hydrogen) atoms. The Morgan fingerprint density at radius 1 is 0.700 bits per heavy atom. The monoisotopic (exact) mass is 618 g/mol. The molecule has 0 aliphatic rings. The van der Waals surface area contributed by atoms with Crippen molar-refractivity contribution in [1.29, 1.82) is 0 Å². The van der Waals surface area contributed by atoms with Gasteiger partial charge < -0.3 is 0 Å². The predicted molar refractivity (Wildman–Crippen MR) is 74.1 cm³/mol. The minimum Gasteiger partial charge on any atom is -0.202 e. The van der Waals surface area contributed by atoms with Gasteiger partial charge in [0.1, 0.15) is 0 Å². The number of nitrogens with one attached hydrogen (secondary N) is 1. The molecule has 1 aromatic rings. The molecule has 0 bridgehead atoms. The molecule has 0 fully saturated rings. The summed E-state index contributed by atoms with van der Waals surface area (Å²) in [4.78, 5) is 0. The molecule has 5 nitrogen and oxygen atoms in total. The van der Waals surface area contributed by atoms with Crippen molar-refractivity contribution >= 4 is 20.0 Å². The van der Waals surface area contributed by atoms with Crippen LogP contribution in [0.3, 0.4) is 0 Å². The van der Waals surface area contributed by atoms with E-state index in [0.717, 1.165) is 0 Å². The van der Waals surface area contributed by atoms with Gasteiger partial charge in [-0.3, -0.25) is 0 Å². The largest absolute Gasteiger partial charge is 0.512 e. The maximum atomic E-state index is 12.5. The number of hydrogen-bond donors (Lipinski definition) is 1. The standard InChI is InChI=1S/C9H7F5I.C2HF6NO4S2/c10-8(11,9(12,13)14)6-15-7-4-2-1-3-5-7;3-1(4,5)14(10,11)9-15(12,13)2(6,7)8/h1-5H,6H2;9H/q+1;. The van der Waals surface area contributed by atoms with Crippen molar-refractivity contribution in [3.8, 4) is 0 Å². The first-order chi connectivity index (χ1) is 13.0. The molecular weight excluding hydrogens is 610 g/mol. The Hall–Kier alpha value is -0.960. The van der Waals surface area contributed by atoms with E-state index in [1.807, 2.05) is 0 Å². The van der Waals surface area contributed by atoms with Crippen LogP contribution in [0.4, 0.5) is 48.3 Å². The molecule has 0 aliphatic carbocycles. The van der Waals surface area contributed by atoms with E-state index in [-0.39, 0.29) is 0 Å². The van der Waals surface area contributed by atoms with Crippen molar-refractivity contribution in [1.82, 2.24) is 4.13 Å². The molecule has 1 N–H and O–H groups in total. The fraction of sp³-hybridized carbons (Fsp3) is 0.455. The van der Waals surface area contributed by atoms with Crippen molar-refractivity contribution < 1.29 is 86.3 Å². The van der Waals surface area contributed by atoms with E-state index in [4.69, 9.17) is 0 Å². The van der Waals surface area contributed by atoms with Crippen LogP contribution < -0.4 is 25.3 Å². The second-order valence-electron chi connectivity index (χ2n) is 4.75. The van der Waals surface area contributed by atoms with E-state index in [2.05, 4.69) is 0 Å². The highest BCUT2D eigenvalue weighted by molar-refractivity contribution is 8.05. The highest BCUT2D eigenvalue weighted by Gasteiger charge is 2.61. The average molecular weight is 618 g/mol. The zero-order valence-corrected chi connectivity index (χ0v) is 17.4. The van der Waals surface area contributed by atoms with Gasteiger partial charge in [0, 0.05) is 0 Å². The SMILES string of the molecule is FC(F)(F)C(F)(F)C[I+]c1ccccc1.O=S(=O)(NS(=O)(=O)C(F)(F)F)C(F)(F)F. The summed E-state index contributed by atoms with van der Waals surface area (Å²) in [5, 5.41) is 0. The normalized spacial score (nSPS) is 14.1. The number of halogens is 12. The van der Waals surface area contributed by atoms with Gasteiger partial charge in [0.15, 0.2) is 3.57 Å². The zero-order valence-electron chi connectivity index (χ0n) is 13.6. The molecule has 0 aliphatic heterocycles. The van der Waals surface area contributed by atoms with E-state index in [1.54, 1.807) is 30.3 Å². The molecule has 0 aromatic heterocycles. The van der Waals surface area contributed by atoms with Crippen molar-refractivity contribution in [2.45, 2.75) is 23.1 Å². The molecular formula is C11H8F11INO4S2+. The van der Waals surface area contributed by atoms with Gasteiger partial charge in [-0.2, -0.15) is 48.3 Å². The van der Waals surface area contributed by atoms with Crippen molar-refractivity contribution in [3.63, 3.8) is 0 Å². The molecule has 0 spiro atoms. The Bertz CT molecular complexity index is 852. The second kappa shape index (κ2) is 9.67. The lowest BCUT2D eigenvalue weighted by Crippen LogP contribution is -3.63. The first kappa shape index (κ1) is 29.0. The van der Waals surface area contributed by atoms with E-state index < -0.39 is 72.9 Å². The van der Waals surface area contributed by atoms with E-state index in [9.17, 15) is 65.1 Å². The van der Waals surface area contributed by atoms with Crippen LogP contribution in [0.5, 0.6) is 0 Å². The molecule has 0 radical (unpaired) electrons. The van der Waals surface area contributed by atoms with Gasteiger partial charge in [-0.25, -0.2) is 16.8 Å². The summed E-state index contributed by atoms with van der Waals surface area (Å²) in [6, 6.07) is 8.08. The van der Waals surface area contributed by atoms with Crippen LogP contribution in [0, 0.1) is 3.57 Å². The number of sulfonamides is 2. The first-order valence-corrected chi connectivity index (χ1v) is 12.1. The molecule has 0 atom stereocenters. The molecule has 0 saturated heterocycles. The quantitative estimate of drug-likeness (QED) is 0.295. The molecule has 0 heterocycles. The maximum Gasteiger partial charge on any atom is 0.512 e. The molecule has 0 saturated carbocycles. The van der Waals surface area contributed by atoms with Crippen LogP contribution in [0.1, 0.15) is 0 Å². The Balaban J connectivity index is 0.000000561. The van der Waals surface area contributed by atoms with Gasteiger partial charge >= 0.3 is 64.4 Å². The molecule has 1 rings (SSSR count). The minimum absolute atomic E-state index is 0.493. The predicted octanol–water partition coefficient (Wildman–Crippen LogP) is 0.418. The lowest BCUT2D eigenvalue weighted by Gasteiger charge is -2.13. The summed E-state index contributed by atoms with van der Waals surface area (Å²) in [6.45, 7) is 0. The van der Waals surface area contributed by atoms with Gasteiger partial charge in [0.05, 0.1) is 0 Å². The van der Waals surface area contributed by atoms with Crippen LogP contribution in [0.15, 0.2) is 30.3 Å². The van der Waals surface area contributed by atoms with Crippen LogP contribution >= 0.6 is 0 Å². The Kier molecular flexibility index (Phi) is 9.36. The van der Waals surface area contributed by atoms with E-state index >= 15 is 0 Å². The summed E-state index contributed by atoms with van der Waals surface area (Å²) >= 11 is -1.30. The molecule has 19 heteroatoms. The summed E-state index contributed by atoms with van der Waals surface area (Å²) in [6.07, 6.45) is -5.43. The minimum atomic E-state index is -6.60. The van der Waals surface area contributed by atoms with E-state index in [1.165, 1.54) is 0 Å². The summed E-state index contributed by atoms with van der Waals surface area (Å²) < 4.78 is 168. The van der Waals surface area contributed by atoms with E-state index in [0.29, 0.717) is 3.57 Å². The van der Waals surface area contributed by atoms with Gasteiger partial charge in [0.2, 0.25) is 4.43 Å². The molecule has 0 amide bonds. The first-order valence-electron chi connectivity index (χ1n) is 6.53. The highest BCUT2D eigenvalue weighted by atomic mass is 127. The summed E-state index contributed by atoms with van der Waals surface area (Å²) in [5.41, 5.74) is -12.3. The van der Waals surface area contributed by atoms with Crippen molar-refractivity contribution in [3.05, 3.63) is 33.9 Å². The third-order valence-electron chi connectivity index (χ3n) is 2.37.